The monoisotopic (exact) mass is 186 g/mol. The Morgan fingerprint density at radius 2 is 1.92 bits per heavy atom. The molecule has 1 fully saturated rings. The molecule has 0 atom stereocenters. The second-order valence-electron chi connectivity index (χ2n) is 4.85. The largest absolute Gasteiger partial charge is 0.443 e. The van der Waals surface area contributed by atoms with E-state index in [0.717, 1.165) is 12.8 Å². The second kappa shape index (κ2) is 2.87. The van der Waals surface area contributed by atoms with Crippen molar-refractivity contribution in [2.75, 3.05) is 0 Å². The molecule has 0 radical (unpaired) electrons. The fourth-order valence-corrected chi connectivity index (χ4v) is 0.953. The van der Waals surface area contributed by atoms with Gasteiger partial charge in [0.05, 0.1) is 5.54 Å². The number of rotatable bonds is 1. The van der Waals surface area contributed by atoms with E-state index in [2.05, 4.69) is 0 Å². The van der Waals surface area contributed by atoms with Crippen molar-refractivity contribution in [2.24, 2.45) is 5.84 Å². The van der Waals surface area contributed by atoms with Crippen molar-refractivity contribution in [1.29, 1.82) is 0 Å². The van der Waals surface area contributed by atoms with E-state index in [1.807, 2.05) is 27.7 Å². The molecule has 4 nitrogen and oxygen atoms in total. The first kappa shape index (κ1) is 10.3. The summed E-state index contributed by atoms with van der Waals surface area (Å²) in [6.07, 6.45) is 1.48. The molecule has 1 saturated carbocycles. The highest BCUT2D eigenvalue weighted by atomic mass is 16.6. The minimum absolute atomic E-state index is 0.164. The van der Waals surface area contributed by atoms with Crippen LogP contribution in [0.2, 0.25) is 0 Å². The normalized spacial score (nSPS) is 19.5. The van der Waals surface area contributed by atoms with E-state index in [0.29, 0.717) is 0 Å². The van der Waals surface area contributed by atoms with E-state index >= 15 is 0 Å². The average molecular weight is 186 g/mol. The number of nitrogens with zero attached hydrogens (tertiary/aromatic N) is 1. The molecule has 1 amide bonds. The Bertz CT molecular complexity index is 216. The number of carbonyl (C=O) groups excluding carboxylic acids is 1. The van der Waals surface area contributed by atoms with E-state index in [9.17, 15) is 4.79 Å². The molecule has 0 aliphatic heterocycles. The molecule has 1 aliphatic rings. The topological polar surface area (TPSA) is 55.6 Å². The Balaban J connectivity index is 2.49. The lowest BCUT2D eigenvalue weighted by molar-refractivity contribution is 0.0145. The van der Waals surface area contributed by atoms with Gasteiger partial charge >= 0.3 is 6.09 Å². The Morgan fingerprint density at radius 1 is 1.46 bits per heavy atom. The van der Waals surface area contributed by atoms with Crippen LogP contribution in [-0.4, -0.2) is 22.2 Å². The quantitative estimate of drug-likeness (QED) is 0.385. The lowest BCUT2D eigenvalue weighted by Crippen LogP contribution is -2.48. The second-order valence-corrected chi connectivity index (χ2v) is 4.85. The molecular formula is C9H18N2O2. The molecule has 4 heteroatoms. The number of hydrogen-bond donors (Lipinski definition) is 1. The predicted octanol–water partition coefficient (Wildman–Crippen LogP) is 1.65. The SMILES string of the molecule is CC(C)(C)OC(=O)N(N)C1(C)CC1. The smallest absolute Gasteiger partial charge is 0.425 e. The molecule has 13 heavy (non-hydrogen) atoms. The van der Waals surface area contributed by atoms with Gasteiger partial charge in [-0.25, -0.2) is 15.6 Å². The number of amides is 1. The van der Waals surface area contributed by atoms with Gasteiger partial charge in [0.25, 0.3) is 0 Å². The van der Waals surface area contributed by atoms with E-state index in [1.54, 1.807) is 0 Å². The van der Waals surface area contributed by atoms with Gasteiger partial charge in [-0.1, -0.05) is 0 Å². The summed E-state index contributed by atoms with van der Waals surface area (Å²) in [6, 6.07) is 0. The van der Waals surface area contributed by atoms with Crippen molar-refractivity contribution < 1.29 is 9.53 Å². The van der Waals surface area contributed by atoms with Crippen molar-refractivity contribution in [1.82, 2.24) is 5.01 Å². The van der Waals surface area contributed by atoms with Gasteiger partial charge in [-0.2, -0.15) is 0 Å². The lowest BCUT2D eigenvalue weighted by atomic mass is 10.2. The Labute approximate surface area is 79.0 Å². The third-order valence-corrected chi connectivity index (χ3v) is 2.15. The van der Waals surface area contributed by atoms with Crippen LogP contribution in [0.15, 0.2) is 0 Å². The number of nitrogens with two attached hydrogens (primary N) is 1. The zero-order chi connectivity index (χ0) is 10.3. The zero-order valence-electron chi connectivity index (χ0n) is 8.76. The van der Waals surface area contributed by atoms with Crippen LogP contribution in [0, 0.1) is 0 Å². The van der Waals surface area contributed by atoms with Crippen molar-refractivity contribution in [2.45, 2.75) is 51.7 Å². The van der Waals surface area contributed by atoms with Crippen molar-refractivity contribution in [3.05, 3.63) is 0 Å². The van der Waals surface area contributed by atoms with Crippen LogP contribution in [0.25, 0.3) is 0 Å². The standard InChI is InChI=1S/C9H18N2O2/c1-8(2,3)13-7(12)11(10)9(4)5-6-9/h5-6,10H2,1-4H3. The van der Waals surface area contributed by atoms with Gasteiger partial charge in [0, 0.05) is 0 Å². The number of hydrogen-bond acceptors (Lipinski definition) is 3. The van der Waals surface area contributed by atoms with E-state index in [4.69, 9.17) is 10.6 Å². The molecule has 0 spiro atoms. The van der Waals surface area contributed by atoms with Gasteiger partial charge in [-0.15, -0.1) is 0 Å². The van der Waals surface area contributed by atoms with Gasteiger partial charge < -0.3 is 4.74 Å². The highest BCUT2D eigenvalue weighted by molar-refractivity contribution is 5.68. The van der Waals surface area contributed by atoms with Crippen LogP contribution < -0.4 is 5.84 Å². The molecule has 2 N–H and O–H groups in total. The van der Waals surface area contributed by atoms with Gasteiger partial charge in [0.1, 0.15) is 5.60 Å². The highest BCUT2D eigenvalue weighted by Gasteiger charge is 2.46. The van der Waals surface area contributed by atoms with Crippen LogP contribution in [0.5, 0.6) is 0 Å². The summed E-state index contributed by atoms with van der Waals surface area (Å²) in [5.74, 6) is 5.62. The maximum absolute atomic E-state index is 11.4. The van der Waals surface area contributed by atoms with Gasteiger partial charge in [-0.3, -0.25) is 0 Å². The zero-order valence-corrected chi connectivity index (χ0v) is 8.76. The van der Waals surface area contributed by atoms with Crippen LogP contribution in [0.4, 0.5) is 4.79 Å². The molecule has 0 aromatic carbocycles. The van der Waals surface area contributed by atoms with E-state index < -0.39 is 11.7 Å². The fourth-order valence-electron chi connectivity index (χ4n) is 0.953. The molecular weight excluding hydrogens is 168 g/mol. The summed E-state index contributed by atoms with van der Waals surface area (Å²) in [6.45, 7) is 7.44. The average Bonchev–Trinajstić information content (AvgIpc) is 2.64. The van der Waals surface area contributed by atoms with Crippen LogP contribution >= 0.6 is 0 Å². The van der Waals surface area contributed by atoms with Gasteiger partial charge in [0.15, 0.2) is 0 Å². The van der Waals surface area contributed by atoms with E-state index in [1.165, 1.54) is 5.01 Å². The molecule has 1 aliphatic carbocycles. The summed E-state index contributed by atoms with van der Waals surface area (Å²) in [4.78, 5) is 11.4. The number of hydrazine groups is 1. The molecule has 0 unspecified atom stereocenters. The first-order valence-corrected chi connectivity index (χ1v) is 4.52. The molecule has 76 valence electrons. The van der Waals surface area contributed by atoms with Crippen LogP contribution in [0.1, 0.15) is 40.5 Å². The summed E-state index contributed by atoms with van der Waals surface area (Å²) >= 11 is 0. The Morgan fingerprint density at radius 3 is 2.23 bits per heavy atom. The molecule has 0 aromatic rings. The van der Waals surface area contributed by atoms with Crippen LogP contribution in [-0.2, 0) is 4.74 Å². The third-order valence-electron chi connectivity index (χ3n) is 2.15. The number of carbonyl (C=O) groups is 1. The third kappa shape index (κ3) is 2.59. The Hall–Kier alpha value is -0.770. The van der Waals surface area contributed by atoms with Crippen molar-refractivity contribution in [3.8, 4) is 0 Å². The highest BCUT2D eigenvalue weighted by Crippen LogP contribution is 2.39. The van der Waals surface area contributed by atoms with Gasteiger partial charge in [0.2, 0.25) is 0 Å². The van der Waals surface area contributed by atoms with Gasteiger partial charge in [-0.05, 0) is 40.5 Å². The minimum atomic E-state index is -0.472. The molecule has 0 bridgehead atoms. The molecule has 0 aromatic heterocycles. The molecule has 0 saturated heterocycles. The maximum atomic E-state index is 11.4. The molecule has 1 rings (SSSR count). The first-order chi connectivity index (χ1) is 5.75. The summed E-state index contributed by atoms with van der Waals surface area (Å²) < 4.78 is 5.13. The summed E-state index contributed by atoms with van der Waals surface area (Å²) in [7, 11) is 0. The molecule has 0 heterocycles. The number of ether oxygens (including phenoxy) is 1. The minimum Gasteiger partial charge on any atom is -0.443 e. The van der Waals surface area contributed by atoms with Crippen LogP contribution in [0.3, 0.4) is 0 Å². The van der Waals surface area contributed by atoms with E-state index in [-0.39, 0.29) is 5.54 Å². The maximum Gasteiger partial charge on any atom is 0.425 e. The lowest BCUT2D eigenvalue weighted by Gasteiger charge is -2.27. The van der Waals surface area contributed by atoms with Crippen molar-refractivity contribution >= 4 is 6.09 Å². The Kier molecular flexibility index (Phi) is 2.28. The first-order valence-electron chi connectivity index (χ1n) is 4.52. The summed E-state index contributed by atoms with van der Waals surface area (Å²) in [5, 5.41) is 1.21. The summed E-state index contributed by atoms with van der Waals surface area (Å²) in [5.41, 5.74) is -0.637. The predicted molar refractivity (Wildman–Crippen MR) is 49.9 cm³/mol. The fraction of sp³-hybridized carbons (Fsp3) is 0.889. The van der Waals surface area contributed by atoms with Crippen molar-refractivity contribution in [3.63, 3.8) is 0 Å².